The van der Waals surface area contributed by atoms with Crippen molar-refractivity contribution in [3.63, 3.8) is 0 Å². The number of rotatable bonds is 8. The molecule has 0 amide bonds. The van der Waals surface area contributed by atoms with E-state index in [0.29, 0.717) is 17.9 Å². The maximum Gasteiger partial charge on any atom is 0.340 e. The summed E-state index contributed by atoms with van der Waals surface area (Å²) in [7, 11) is 2.78. The second-order valence-corrected chi connectivity index (χ2v) is 6.15. The molecule has 1 aromatic carbocycles. The normalized spacial score (nSPS) is 18.1. The van der Waals surface area contributed by atoms with Crippen LogP contribution in [0, 0.1) is 0 Å². The fourth-order valence-corrected chi connectivity index (χ4v) is 2.55. The van der Waals surface area contributed by atoms with Gasteiger partial charge in [-0.25, -0.2) is 9.59 Å². The van der Waals surface area contributed by atoms with Gasteiger partial charge in [0.25, 0.3) is 0 Å². The van der Waals surface area contributed by atoms with Gasteiger partial charge in [0.2, 0.25) is 0 Å². The molecule has 1 aromatic rings. The highest BCUT2D eigenvalue weighted by atomic mass is 16.6. The van der Waals surface area contributed by atoms with Gasteiger partial charge in [-0.3, -0.25) is 0 Å². The van der Waals surface area contributed by atoms with Crippen molar-refractivity contribution in [2.75, 3.05) is 27.4 Å². The van der Waals surface area contributed by atoms with Gasteiger partial charge in [-0.1, -0.05) is 6.07 Å². The molecule has 0 spiro atoms. The van der Waals surface area contributed by atoms with Crippen molar-refractivity contribution in [3.8, 4) is 11.5 Å². The number of carbonyl (C=O) groups excluding carboxylic acids is 2. The van der Waals surface area contributed by atoms with Crippen LogP contribution >= 0.6 is 0 Å². The summed E-state index contributed by atoms with van der Waals surface area (Å²) < 4.78 is 26.4. The molecule has 0 N–H and O–H groups in total. The Morgan fingerprint density at radius 3 is 2.74 bits per heavy atom. The van der Waals surface area contributed by atoms with E-state index >= 15 is 0 Å². The predicted octanol–water partition coefficient (Wildman–Crippen LogP) is 2.76. The van der Waals surface area contributed by atoms with Crippen LogP contribution in [-0.4, -0.2) is 51.6 Å². The summed E-state index contributed by atoms with van der Waals surface area (Å²) in [5.74, 6) is -0.320. The molecular weight excluding hydrogens is 352 g/mol. The molecule has 2 unspecified atom stereocenters. The molecule has 0 aliphatic carbocycles. The van der Waals surface area contributed by atoms with Gasteiger partial charge in [0.05, 0.1) is 26.9 Å². The van der Waals surface area contributed by atoms with E-state index in [2.05, 4.69) is 4.74 Å². The highest BCUT2D eigenvalue weighted by Crippen LogP contribution is 2.29. The Morgan fingerprint density at radius 1 is 1.26 bits per heavy atom. The van der Waals surface area contributed by atoms with Crippen molar-refractivity contribution >= 4 is 18.0 Å². The number of ether oxygens (including phenoxy) is 5. The molecular formula is C20H26O7. The van der Waals surface area contributed by atoms with E-state index in [1.807, 2.05) is 0 Å². The summed E-state index contributed by atoms with van der Waals surface area (Å²) in [6, 6.07) is 4.96. The quantitative estimate of drug-likeness (QED) is 0.391. The fraction of sp³-hybridized carbons (Fsp3) is 0.500. The van der Waals surface area contributed by atoms with Gasteiger partial charge in [0.15, 0.2) is 17.6 Å². The largest absolute Gasteiger partial charge is 0.493 e. The lowest BCUT2D eigenvalue weighted by Gasteiger charge is -2.23. The van der Waals surface area contributed by atoms with Gasteiger partial charge in [-0.2, -0.15) is 0 Å². The molecule has 1 heterocycles. The molecule has 2 atom stereocenters. The Bertz CT molecular complexity index is 662. The summed E-state index contributed by atoms with van der Waals surface area (Å²) in [6.07, 6.45) is 5.30. The smallest absolute Gasteiger partial charge is 0.340 e. The lowest BCUT2D eigenvalue weighted by atomic mass is 10.1. The zero-order chi connectivity index (χ0) is 19.6. The molecule has 7 nitrogen and oxygen atoms in total. The van der Waals surface area contributed by atoms with Gasteiger partial charge in [0.1, 0.15) is 0 Å². The molecule has 1 fully saturated rings. The van der Waals surface area contributed by atoms with Crippen LogP contribution in [0.3, 0.4) is 0 Å². The first kappa shape index (κ1) is 20.9. The van der Waals surface area contributed by atoms with Crippen LogP contribution < -0.4 is 9.47 Å². The maximum absolute atomic E-state index is 12.3. The van der Waals surface area contributed by atoms with Gasteiger partial charge in [-0.15, -0.1) is 0 Å². The third-order valence-corrected chi connectivity index (χ3v) is 4.15. The Kier molecular flexibility index (Phi) is 8.29. The number of esters is 2. The molecule has 1 saturated heterocycles. The van der Waals surface area contributed by atoms with Crippen LogP contribution in [0.1, 0.15) is 31.7 Å². The van der Waals surface area contributed by atoms with Crippen LogP contribution in [-0.2, 0) is 23.8 Å². The van der Waals surface area contributed by atoms with Gasteiger partial charge < -0.3 is 23.7 Å². The fourth-order valence-electron chi connectivity index (χ4n) is 2.55. The van der Waals surface area contributed by atoms with E-state index in [0.717, 1.165) is 25.9 Å². The molecule has 1 aliphatic heterocycles. The average molecular weight is 378 g/mol. The first-order valence-electron chi connectivity index (χ1n) is 8.92. The van der Waals surface area contributed by atoms with Crippen molar-refractivity contribution in [2.24, 2.45) is 0 Å². The van der Waals surface area contributed by atoms with Crippen LogP contribution in [0.5, 0.6) is 11.5 Å². The molecule has 7 heteroatoms. The van der Waals surface area contributed by atoms with E-state index in [4.69, 9.17) is 18.9 Å². The first-order valence-corrected chi connectivity index (χ1v) is 8.92. The van der Waals surface area contributed by atoms with Crippen molar-refractivity contribution in [2.45, 2.75) is 38.4 Å². The summed E-state index contributed by atoms with van der Waals surface area (Å²) >= 11 is 0. The number of hydrogen-bond acceptors (Lipinski definition) is 7. The summed E-state index contributed by atoms with van der Waals surface area (Å²) in [4.78, 5) is 23.4. The van der Waals surface area contributed by atoms with Gasteiger partial charge >= 0.3 is 11.9 Å². The average Bonchev–Trinajstić information content (AvgIpc) is 2.71. The summed E-state index contributed by atoms with van der Waals surface area (Å²) in [6.45, 7) is 2.75. The van der Waals surface area contributed by atoms with Crippen LogP contribution in [0.4, 0.5) is 0 Å². The third kappa shape index (κ3) is 6.69. The van der Waals surface area contributed by atoms with E-state index < -0.39 is 18.0 Å². The highest BCUT2D eigenvalue weighted by Gasteiger charge is 2.21. The van der Waals surface area contributed by atoms with E-state index in [1.165, 1.54) is 20.3 Å². The lowest BCUT2D eigenvalue weighted by molar-refractivity contribution is -0.149. The highest BCUT2D eigenvalue weighted by molar-refractivity contribution is 5.87. The molecule has 0 saturated carbocycles. The minimum Gasteiger partial charge on any atom is -0.493 e. The van der Waals surface area contributed by atoms with E-state index in [9.17, 15) is 9.59 Å². The maximum atomic E-state index is 12.3. The van der Waals surface area contributed by atoms with Crippen molar-refractivity contribution < 1.29 is 33.3 Å². The predicted molar refractivity (Wildman–Crippen MR) is 98.7 cm³/mol. The molecule has 0 aromatic heterocycles. The molecule has 1 aliphatic rings. The first-order chi connectivity index (χ1) is 13.0. The molecule has 27 heavy (non-hydrogen) atoms. The summed E-state index contributed by atoms with van der Waals surface area (Å²) in [5, 5.41) is 0. The summed E-state index contributed by atoms with van der Waals surface area (Å²) in [5.41, 5.74) is 0.704. The number of carbonyl (C=O) groups is 2. The minimum absolute atomic E-state index is 0.0319. The minimum atomic E-state index is -0.723. The second kappa shape index (κ2) is 10.7. The van der Waals surface area contributed by atoms with E-state index in [1.54, 1.807) is 31.2 Å². The third-order valence-electron chi connectivity index (χ3n) is 4.15. The standard InChI is InChI=1S/C20H26O7/c1-14(26-13-16-6-4-5-11-25-16)20(22)27-17-9-7-15(12-18(17)23-2)8-10-19(21)24-3/h7-10,12,14,16H,4-6,11,13H2,1-3H3/b10-8+. The molecule has 2 rings (SSSR count). The topological polar surface area (TPSA) is 80.3 Å². The van der Waals surface area contributed by atoms with E-state index in [-0.39, 0.29) is 11.9 Å². The molecule has 148 valence electrons. The molecule has 0 bridgehead atoms. The van der Waals surface area contributed by atoms with Gasteiger partial charge in [-0.05, 0) is 50.0 Å². The zero-order valence-electron chi connectivity index (χ0n) is 15.9. The van der Waals surface area contributed by atoms with Crippen LogP contribution in [0.25, 0.3) is 6.08 Å². The monoisotopic (exact) mass is 378 g/mol. The number of methoxy groups -OCH3 is 2. The van der Waals surface area contributed by atoms with Crippen LogP contribution in [0.15, 0.2) is 24.3 Å². The van der Waals surface area contributed by atoms with Gasteiger partial charge in [0, 0.05) is 12.7 Å². The van der Waals surface area contributed by atoms with Crippen molar-refractivity contribution in [1.82, 2.24) is 0 Å². The van der Waals surface area contributed by atoms with Crippen molar-refractivity contribution in [1.29, 1.82) is 0 Å². The Labute approximate surface area is 159 Å². The van der Waals surface area contributed by atoms with Crippen molar-refractivity contribution in [3.05, 3.63) is 29.8 Å². The Morgan fingerprint density at radius 2 is 2.07 bits per heavy atom. The van der Waals surface area contributed by atoms with Crippen LogP contribution in [0.2, 0.25) is 0 Å². The Balaban J connectivity index is 1.93. The zero-order valence-corrected chi connectivity index (χ0v) is 15.9. The molecule has 0 radical (unpaired) electrons. The Hall–Kier alpha value is -2.38. The lowest BCUT2D eigenvalue weighted by Crippen LogP contribution is -2.31. The second-order valence-electron chi connectivity index (χ2n) is 6.15. The SMILES string of the molecule is COC(=O)/C=C/c1ccc(OC(=O)C(C)OCC2CCCCO2)c(OC)c1. The number of hydrogen-bond donors (Lipinski definition) is 0. The number of benzene rings is 1.